The Morgan fingerprint density at radius 1 is 1.27 bits per heavy atom. The van der Waals surface area contributed by atoms with Crippen LogP contribution in [0.3, 0.4) is 0 Å². The summed E-state index contributed by atoms with van der Waals surface area (Å²) in [5.74, 6) is 0.701. The largest absolute Gasteiger partial charge is 0.368 e. The fraction of sp³-hybridized carbons (Fsp3) is 0.538. The highest BCUT2D eigenvalue weighted by Gasteiger charge is 2.47. The van der Waals surface area contributed by atoms with Crippen LogP contribution in [0.4, 0.5) is 0 Å². The Balaban J connectivity index is 1.64. The number of hydrogen-bond acceptors (Lipinski definition) is 2. The highest BCUT2D eigenvalue weighted by Crippen LogP contribution is 2.35. The van der Waals surface area contributed by atoms with E-state index in [1.165, 1.54) is 12.1 Å². The van der Waals surface area contributed by atoms with E-state index in [1.807, 2.05) is 0 Å². The molecule has 0 amide bonds. The van der Waals surface area contributed by atoms with Gasteiger partial charge in [0.1, 0.15) is 0 Å². The summed E-state index contributed by atoms with van der Waals surface area (Å²) >= 11 is 0. The first kappa shape index (κ1) is 9.37. The van der Waals surface area contributed by atoms with Gasteiger partial charge < -0.3 is 4.74 Å². The molecule has 2 aliphatic rings. The van der Waals surface area contributed by atoms with Crippen LogP contribution in [0.15, 0.2) is 30.3 Å². The molecule has 0 radical (unpaired) electrons. The third-order valence-electron chi connectivity index (χ3n) is 3.42. The van der Waals surface area contributed by atoms with Gasteiger partial charge in [-0.25, -0.2) is 0 Å². The van der Waals surface area contributed by atoms with Crippen molar-refractivity contribution in [2.45, 2.75) is 25.7 Å². The molecule has 80 valence electrons. The van der Waals surface area contributed by atoms with Gasteiger partial charge in [0.2, 0.25) is 0 Å². The van der Waals surface area contributed by atoms with Gasteiger partial charge in [-0.05, 0) is 11.5 Å². The molecule has 15 heavy (non-hydrogen) atoms. The number of ether oxygens (including phenoxy) is 1. The summed E-state index contributed by atoms with van der Waals surface area (Å²) in [4.78, 5) is 2.51. The Morgan fingerprint density at radius 3 is 2.80 bits per heavy atom. The average Bonchev–Trinajstić information content (AvgIpc) is 2.99. The Labute approximate surface area is 90.8 Å². The summed E-state index contributed by atoms with van der Waals surface area (Å²) in [6.07, 6.45) is 1.09. The minimum atomic E-state index is 0.525. The molecule has 0 aromatic heterocycles. The maximum absolute atomic E-state index is 5.62. The van der Waals surface area contributed by atoms with Gasteiger partial charge in [-0.2, -0.15) is 0 Å². The minimum absolute atomic E-state index is 0.525. The van der Waals surface area contributed by atoms with E-state index >= 15 is 0 Å². The van der Waals surface area contributed by atoms with Gasteiger partial charge in [0, 0.05) is 19.6 Å². The summed E-state index contributed by atoms with van der Waals surface area (Å²) in [7, 11) is 0. The van der Waals surface area contributed by atoms with Crippen molar-refractivity contribution in [1.29, 1.82) is 0 Å². The van der Waals surface area contributed by atoms with Crippen molar-refractivity contribution in [1.82, 2.24) is 4.90 Å². The molecule has 1 aromatic rings. The number of nitrogens with zero attached hydrogens (tertiary/aromatic N) is 1. The van der Waals surface area contributed by atoms with Gasteiger partial charge in [0.25, 0.3) is 0 Å². The SMILES string of the molecule is C[C@@H]1CN(Cc2ccccc2)C[C@H]2O[C@@H]12. The molecule has 1 aromatic carbocycles. The molecular formula is C13H17NO. The monoisotopic (exact) mass is 203 g/mol. The zero-order valence-corrected chi connectivity index (χ0v) is 9.10. The second-order valence-electron chi connectivity index (χ2n) is 4.80. The van der Waals surface area contributed by atoms with E-state index in [0.29, 0.717) is 18.1 Å². The standard InChI is InChI=1S/C13H17NO/c1-10-7-14(9-12-13(10)15-12)8-11-5-3-2-4-6-11/h2-6,10,12-13H,7-9H2,1H3/t10-,12-,13+/m1/s1. The maximum Gasteiger partial charge on any atom is 0.0971 e. The molecule has 0 bridgehead atoms. The number of hydrogen-bond donors (Lipinski definition) is 0. The summed E-state index contributed by atoms with van der Waals surface area (Å²) in [6, 6.07) is 10.7. The molecule has 2 fully saturated rings. The van der Waals surface area contributed by atoms with Crippen LogP contribution in [0.1, 0.15) is 12.5 Å². The lowest BCUT2D eigenvalue weighted by atomic mass is 10.00. The number of benzene rings is 1. The van der Waals surface area contributed by atoms with Crippen LogP contribution in [0.2, 0.25) is 0 Å². The van der Waals surface area contributed by atoms with E-state index in [0.717, 1.165) is 13.1 Å². The van der Waals surface area contributed by atoms with E-state index in [4.69, 9.17) is 4.74 Å². The predicted octanol–water partition coefficient (Wildman–Crippen LogP) is 1.91. The van der Waals surface area contributed by atoms with E-state index in [2.05, 4.69) is 42.2 Å². The third kappa shape index (κ3) is 1.92. The van der Waals surface area contributed by atoms with Crippen molar-refractivity contribution in [2.75, 3.05) is 13.1 Å². The summed E-state index contributed by atoms with van der Waals surface area (Å²) in [5, 5.41) is 0. The molecule has 0 N–H and O–H groups in total. The van der Waals surface area contributed by atoms with Crippen LogP contribution < -0.4 is 0 Å². The fourth-order valence-electron chi connectivity index (χ4n) is 2.61. The summed E-state index contributed by atoms with van der Waals surface area (Å²) < 4.78 is 5.62. The lowest BCUT2D eigenvalue weighted by Crippen LogP contribution is -2.38. The zero-order valence-electron chi connectivity index (χ0n) is 9.10. The van der Waals surface area contributed by atoms with Crippen molar-refractivity contribution >= 4 is 0 Å². The molecule has 0 unspecified atom stereocenters. The second-order valence-corrected chi connectivity index (χ2v) is 4.80. The molecule has 0 saturated carbocycles. The van der Waals surface area contributed by atoms with Gasteiger partial charge in [0.15, 0.2) is 0 Å². The molecule has 3 atom stereocenters. The molecule has 2 saturated heterocycles. The first-order chi connectivity index (χ1) is 7.33. The van der Waals surface area contributed by atoms with Gasteiger partial charge in [0.05, 0.1) is 12.2 Å². The topological polar surface area (TPSA) is 15.8 Å². The quantitative estimate of drug-likeness (QED) is 0.682. The van der Waals surface area contributed by atoms with E-state index < -0.39 is 0 Å². The van der Waals surface area contributed by atoms with Crippen LogP contribution >= 0.6 is 0 Å². The Hall–Kier alpha value is -0.860. The number of likely N-dealkylation sites (tertiary alicyclic amines) is 1. The van der Waals surface area contributed by atoms with E-state index in [1.54, 1.807) is 0 Å². The molecule has 2 heteroatoms. The molecular weight excluding hydrogens is 186 g/mol. The lowest BCUT2D eigenvalue weighted by Gasteiger charge is -2.27. The molecule has 3 rings (SSSR count). The van der Waals surface area contributed by atoms with Crippen molar-refractivity contribution < 1.29 is 4.74 Å². The molecule has 2 aliphatic heterocycles. The lowest BCUT2D eigenvalue weighted by molar-refractivity contribution is 0.202. The smallest absolute Gasteiger partial charge is 0.0971 e. The van der Waals surface area contributed by atoms with Crippen LogP contribution in [0.5, 0.6) is 0 Å². The highest BCUT2D eigenvalue weighted by atomic mass is 16.6. The molecule has 2 nitrogen and oxygen atoms in total. The van der Waals surface area contributed by atoms with Gasteiger partial charge in [-0.1, -0.05) is 37.3 Å². The zero-order chi connectivity index (χ0) is 10.3. The highest BCUT2D eigenvalue weighted by molar-refractivity contribution is 5.15. The Morgan fingerprint density at radius 2 is 2.07 bits per heavy atom. The molecule has 2 heterocycles. The van der Waals surface area contributed by atoms with E-state index in [9.17, 15) is 0 Å². The number of fused-ring (bicyclic) bond motifs is 1. The predicted molar refractivity (Wildman–Crippen MR) is 59.5 cm³/mol. The maximum atomic E-state index is 5.62. The Kier molecular flexibility index (Phi) is 2.26. The van der Waals surface area contributed by atoms with E-state index in [-0.39, 0.29) is 0 Å². The van der Waals surface area contributed by atoms with Gasteiger partial charge in [-0.15, -0.1) is 0 Å². The van der Waals surface area contributed by atoms with Crippen molar-refractivity contribution in [3.8, 4) is 0 Å². The summed E-state index contributed by atoms with van der Waals surface area (Å²) in [5.41, 5.74) is 1.41. The van der Waals surface area contributed by atoms with Crippen molar-refractivity contribution in [2.24, 2.45) is 5.92 Å². The number of piperidine rings is 1. The van der Waals surface area contributed by atoms with Gasteiger partial charge >= 0.3 is 0 Å². The van der Waals surface area contributed by atoms with Crippen molar-refractivity contribution in [3.05, 3.63) is 35.9 Å². The molecule has 0 spiro atoms. The third-order valence-corrected chi connectivity index (χ3v) is 3.42. The van der Waals surface area contributed by atoms with Gasteiger partial charge in [-0.3, -0.25) is 4.90 Å². The first-order valence-corrected chi connectivity index (χ1v) is 5.74. The average molecular weight is 203 g/mol. The second kappa shape index (κ2) is 3.62. The number of epoxide rings is 1. The van der Waals surface area contributed by atoms with Crippen LogP contribution in [0, 0.1) is 5.92 Å². The number of rotatable bonds is 2. The first-order valence-electron chi connectivity index (χ1n) is 5.74. The minimum Gasteiger partial charge on any atom is -0.368 e. The van der Waals surface area contributed by atoms with Crippen molar-refractivity contribution in [3.63, 3.8) is 0 Å². The Bertz CT molecular complexity index is 338. The normalized spacial score (nSPS) is 34.9. The van der Waals surface area contributed by atoms with Crippen LogP contribution in [0.25, 0.3) is 0 Å². The van der Waals surface area contributed by atoms with Crippen LogP contribution in [-0.4, -0.2) is 30.2 Å². The summed E-state index contributed by atoms with van der Waals surface area (Å²) in [6.45, 7) is 5.65. The molecule has 0 aliphatic carbocycles. The fourth-order valence-corrected chi connectivity index (χ4v) is 2.61. The van der Waals surface area contributed by atoms with Crippen LogP contribution in [-0.2, 0) is 11.3 Å².